The van der Waals surface area contributed by atoms with Crippen molar-refractivity contribution in [1.29, 1.82) is 0 Å². The van der Waals surface area contributed by atoms with Crippen molar-refractivity contribution in [2.24, 2.45) is 5.92 Å². The summed E-state index contributed by atoms with van der Waals surface area (Å²) in [5.74, 6) is 2.20. The molecule has 0 radical (unpaired) electrons. The first kappa shape index (κ1) is 12.7. The summed E-state index contributed by atoms with van der Waals surface area (Å²) >= 11 is 7.59. The Hall–Kier alpha value is -0.800. The molecular weight excluding hydrogens is 252 g/mol. The van der Waals surface area contributed by atoms with E-state index in [1.165, 1.54) is 10.1 Å². The average Bonchev–Trinajstić information content (AvgIpc) is 2.77. The van der Waals surface area contributed by atoms with Crippen molar-refractivity contribution in [3.05, 3.63) is 23.7 Å². The highest BCUT2D eigenvalue weighted by Gasteiger charge is 2.14. The standard InChI is InChI=1S/C13H17ClN2S/c1-9(2)11(3-6-14)16-13-10-5-8-17-12(10)4-7-15-13/h4-5,7-9,11H,3,6H2,1-2H3,(H,15,16). The molecule has 0 saturated carbocycles. The largest absolute Gasteiger partial charge is 0.367 e. The number of alkyl halides is 1. The van der Waals surface area contributed by atoms with E-state index in [2.05, 4.69) is 41.7 Å². The summed E-state index contributed by atoms with van der Waals surface area (Å²) in [6.45, 7) is 4.41. The molecule has 17 heavy (non-hydrogen) atoms. The minimum Gasteiger partial charge on any atom is -0.367 e. The fourth-order valence-corrected chi connectivity index (χ4v) is 2.89. The molecule has 1 unspecified atom stereocenters. The van der Waals surface area contributed by atoms with Gasteiger partial charge in [0, 0.05) is 28.2 Å². The second-order valence-corrected chi connectivity index (χ2v) is 5.79. The molecule has 1 atom stereocenters. The molecule has 0 aliphatic carbocycles. The van der Waals surface area contributed by atoms with Crippen LogP contribution in [0, 0.1) is 5.92 Å². The van der Waals surface area contributed by atoms with Crippen LogP contribution in [0.3, 0.4) is 0 Å². The molecule has 0 aliphatic rings. The number of hydrogen-bond donors (Lipinski definition) is 1. The zero-order chi connectivity index (χ0) is 12.3. The van der Waals surface area contributed by atoms with Crippen LogP contribution in [0.1, 0.15) is 20.3 Å². The van der Waals surface area contributed by atoms with Gasteiger partial charge in [-0.05, 0) is 29.9 Å². The molecule has 0 aliphatic heterocycles. The normalized spacial score (nSPS) is 13.2. The maximum Gasteiger partial charge on any atom is 0.134 e. The zero-order valence-corrected chi connectivity index (χ0v) is 11.7. The van der Waals surface area contributed by atoms with Crippen molar-refractivity contribution in [2.45, 2.75) is 26.3 Å². The summed E-state index contributed by atoms with van der Waals surface area (Å²) in [5, 5.41) is 6.83. The average molecular weight is 269 g/mol. The molecule has 2 nitrogen and oxygen atoms in total. The van der Waals surface area contributed by atoms with Crippen LogP contribution >= 0.6 is 22.9 Å². The number of pyridine rings is 1. The lowest BCUT2D eigenvalue weighted by molar-refractivity contribution is 0.512. The molecule has 1 N–H and O–H groups in total. The Bertz CT molecular complexity index is 481. The monoisotopic (exact) mass is 268 g/mol. The van der Waals surface area contributed by atoms with Gasteiger partial charge in [0.1, 0.15) is 5.82 Å². The Morgan fingerprint density at radius 1 is 1.41 bits per heavy atom. The van der Waals surface area contributed by atoms with Crippen molar-refractivity contribution in [3.63, 3.8) is 0 Å². The van der Waals surface area contributed by atoms with Gasteiger partial charge >= 0.3 is 0 Å². The van der Waals surface area contributed by atoms with E-state index in [4.69, 9.17) is 11.6 Å². The van der Waals surface area contributed by atoms with Gasteiger partial charge in [0.15, 0.2) is 0 Å². The molecule has 0 saturated heterocycles. The number of fused-ring (bicyclic) bond motifs is 1. The fourth-order valence-electron chi connectivity index (χ4n) is 1.88. The van der Waals surface area contributed by atoms with Gasteiger partial charge in [0.25, 0.3) is 0 Å². The van der Waals surface area contributed by atoms with Crippen LogP contribution in [-0.4, -0.2) is 16.9 Å². The molecule has 0 fully saturated rings. The highest BCUT2D eigenvalue weighted by Crippen LogP contribution is 2.27. The Labute approximate surface area is 111 Å². The van der Waals surface area contributed by atoms with E-state index >= 15 is 0 Å². The maximum atomic E-state index is 5.85. The smallest absolute Gasteiger partial charge is 0.134 e. The van der Waals surface area contributed by atoms with Gasteiger partial charge in [0.2, 0.25) is 0 Å². The van der Waals surface area contributed by atoms with Gasteiger partial charge in [-0.15, -0.1) is 22.9 Å². The first-order valence-electron chi connectivity index (χ1n) is 5.87. The zero-order valence-electron chi connectivity index (χ0n) is 10.1. The van der Waals surface area contributed by atoms with Gasteiger partial charge < -0.3 is 5.32 Å². The van der Waals surface area contributed by atoms with Crippen LogP contribution in [0.5, 0.6) is 0 Å². The molecule has 2 aromatic heterocycles. The van der Waals surface area contributed by atoms with Crippen molar-refractivity contribution in [1.82, 2.24) is 4.98 Å². The van der Waals surface area contributed by atoms with E-state index in [0.717, 1.165) is 12.2 Å². The van der Waals surface area contributed by atoms with Gasteiger partial charge in [0.05, 0.1) is 0 Å². The number of anilines is 1. The minimum absolute atomic E-state index is 0.380. The molecule has 4 heteroatoms. The van der Waals surface area contributed by atoms with E-state index in [-0.39, 0.29) is 0 Å². The number of halogens is 1. The molecule has 2 aromatic rings. The maximum absolute atomic E-state index is 5.85. The van der Waals surface area contributed by atoms with Crippen molar-refractivity contribution in [3.8, 4) is 0 Å². The van der Waals surface area contributed by atoms with Crippen LogP contribution in [0.2, 0.25) is 0 Å². The summed E-state index contributed by atoms with van der Waals surface area (Å²) in [5.41, 5.74) is 0. The van der Waals surface area contributed by atoms with Gasteiger partial charge in [-0.2, -0.15) is 0 Å². The van der Waals surface area contributed by atoms with E-state index in [1.54, 1.807) is 11.3 Å². The van der Waals surface area contributed by atoms with E-state index in [0.29, 0.717) is 17.8 Å². The minimum atomic E-state index is 0.380. The van der Waals surface area contributed by atoms with Gasteiger partial charge in [-0.25, -0.2) is 4.98 Å². The Kier molecular flexibility index (Phi) is 4.24. The predicted octanol–water partition coefficient (Wildman–Crippen LogP) is 4.36. The summed E-state index contributed by atoms with van der Waals surface area (Å²) in [4.78, 5) is 4.44. The van der Waals surface area contributed by atoms with Crippen LogP contribution < -0.4 is 5.32 Å². The molecule has 0 amide bonds. The SMILES string of the molecule is CC(C)C(CCCl)Nc1nccc2sccc12. The number of rotatable bonds is 5. The fraction of sp³-hybridized carbons (Fsp3) is 0.462. The molecule has 0 spiro atoms. The third-order valence-electron chi connectivity index (χ3n) is 2.93. The number of thiophene rings is 1. The van der Waals surface area contributed by atoms with E-state index in [1.807, 2.05) is 6.20 Å². The second-order valence-electron chi connectivity index (χ2n) is 4.46. The lowest BCUT2D eigenvalue weighted by Crippen LogP contribution is -2.26. The third kappa shape index (κ3) is 2.90. The summed E-state index contributed by atoms with van der Waals surface area (Å²) in [6, 6.07) is 4.55. The number of hydrogen-bond acceptors (Lipinski definition) is 3. The Balaban J connectivity index is 2.24. The van der Waals surface area contributed by atoms with E-state index < -0.39 is 0 Å². The predicted molar refractivity (Wildman–Crippen MR) is 77.2 cm³/mol. The number of nitrogens with zero attached hydrogens (tertiary/aromatic N) is 1. The van der Waals surface area contributed by atoms with Crippen LogP contribution in [0.4, 0.5) is 5.82 Å². The Morgan fingerprint density at radius 2 is 2.24 bits per heavy atom. The molecule has 92 valence electrons. The van der Waals surface area contributed by atoms with Gasteiger partial charge in [-0.3, -0.25) is 0 Å². The first-order chi connectivity index (χ1) is 8.22. The highest BCUT2D eigenvalue weighted by molar-refractivity contribution is 7.17. The molecule has 2 heterocycles. The molecule has 0 aromatic carbocycles. The molecule has 2 rings (SSSR count). The van der Waals surface area contributed by atoms with Gasteiger partial charge in [-0.1, -0.05) is 13.8 Å². The second kappa shape index (κ2) is 5.69. The summed E-state index contributed by atoms with van der Waals surface area (Å²) < 4.78 is 1.27. The molecular formula is C13H17ClN2S. The quantitative estimate of drug-likeness (QED) is 0.815. The van der Waals surface area contributed by atoms with E-state index in [9.17, 15) is 0 Å². The highest BCUT2D eigenvalue weighted by atomic mass is 35.5. The Morgan fingerprint density at radius 3 is 2.94 bits per heavy atom. The lowest BCUT2D eigenvalue weighted by Gasteiger charge is -2.22. The lowest BCUT2D eigenvalue weighted by atomic mass is 10.0. The van der Waals surface area contributed by atoms with Crippen LogP contribution in [0.25, 0.3) is 10.1 Å². The third-order valence-corrected chi connectivity index (χ3v) is 4.03. The van der Waals surface area contributed by atoms with Crippen LogP contribution in [0.15, 0.2) is 23.7 Å². The first-order valence-corrected chi connectivity index (χ1v) is 7.28. The number of aromatic nitrogens is 1. The number of nitrogens with one attached hydrogen (secondary N) is 1. The topological polar surface area (TPSA) is 24.9 Å². The summed E-state index contributed by atoms with van der Waals surface area (Å²) in [7, 11) is 0. The summed E-state index contributed by atoms with van der Waals surface area (Å²) in [6.07, 6.45) is 2.82. The molecule has 0 bridgehead atoms. The van der Waals surface area contributed by atoms with Crippen LogP contribution in [-0.2, 0) is 0 Å². The van der Waals surface area contributed by atoms with Crippen molar-refractivity contribution < 1.29 is 0 Å². The van der Waals surface area contributed by atoms with Crippen molar-refractivity contribution in [2.75, 3.05) is 11.2 Å². The van der Waals surface area contributed by atoms with Crippen molar-refractivity contribution >= 4 is 38.8 Å².